The number of anilines is 1. The van der Waals surface area contributed by atoms with Crippen LogP contribution in [0, 0.1) is 12.8 Å². The summed E-state index contributed by atoms with van der Waals surface area (Å²) in [7, 11) is 0. The van der Waals surface area contributed by atoms with Crippen LogP contribution in [0.1, 0.15) is 24.1 Å². The molecule has 2 aromatic carbocycles. The summed E-state index contributed by atoms with van der Waals surface area (Å²) in [6, 6.07) is 15.0. The summed E-state index contributed by atoms with van der Waals surface area (Å²) >= 11 is 0. The molecule has 1 amide bonds. The van der Waals surface area contributed by atoms with Gasteiger partial charge in [0, 0.05) is 0 Å². The second-order valence-corrected chi connectivity index (χ2v) is 6.37. The van der Waals surface area contributed by atoms with Crippen LogP contribution in [0.4, 0.5) is 5.95 Å². The molecule has 3 aromatic rings. The van der Waals surface area contributed by atoms with E-state index in [2.05, 4.69) is 10.3 Å². The lowest BCUT2D eigenvalue weighted by atomic mass is 9.89. The Hall–Kier alpha value is -3.15. The predicted molar refractivity (Wildman–Crippen MR) is 97.8 cm³/mol. The highest BCUT2D eigenvalue weighted by Gasteiger charge is 2.44. The number of amides is 1. The zero-order chi connectivity index (χ0) is 18.3. The Morgan fingerprint density at radius 3 is 2.81 bits per heavy atom. The van der Waals surface area contributed by atoms with Crippen LogP contribution in [0.15, 0.2) is 48.5 Å². The van der Waals surface area contributed by atoms with Crippen molar-refractivity contribution in [1.29, 1.82) is 0 Å². The van der Waals surface area contributed by atoms with Crippen molar-refractivity contribution in [3.8, 4) is 0 Å². The minimum absolute atomic E-state index is 0.223. The van der Waals surface area contributed by atoms with Crippen molar-refractivity contribution >= 4 is 28.9 Å². The Labute approximate surface area is 150 Å². The molecule has 26 heavy (non-hydrogen) atoms. The highest BCUT2D eigenvalue weighted by molar-refractivity contribution is 6.07. The van der Waals surface area contributed by atoms with E-state index in [0.29, 0.717) is 5.95 Å². The lowest BCUT2D eigenvalue weighted by Gasteiger charge is -2.32. The average Bonchev–Trinajstić information content (AvgIpc) is 2.98. The van der Waals surface area contributed by atoms with Crippen molar-refractivity contribution in [3.05, 3.63) is 59.7 Å². The van der Waals surface area contributed by atoms with Gasteiger partial charge >= 0.3 is 5.97 Å². The number of aryl methyl sites for hydroxylation is 1. The van der Waals surface area contributed by atoms with Gasteiger partial charge in [-0.25, -0.2) is 4.98 Å². The number of esters is 1. The largest absolute Gasteiger partial charge is 0.465 e. The van der Waals surface area contributed by atoms with Gasteiger partial charge in [-0.2, -0.15) is 0 Å². The summed E-state index contributed by atoms with van der Waals surface area (Å²) < 4.78 is 7.13. The first kappa shape index (κ1) is 16.3. The topological polar surface area (TPSA) is 73.2 Å². The molecular formula is C20H19N3O3. The van der Waals surface area contributed by atoms with E-state index >= 15 is 0 Å². The number of hydrogen-bond acceptors (Lipinski definition) is 4. The van der Waals surface area contributed by atoms with Crippen molar-refractivity contribution < 1.29 is 14.3 Å². The normalized spacial score (nSPS) is 19.1. The summed E-state index contributed by atoms with van der Waals surface area (Å²) in [4.78, 5) is 29.9. The highest BCUT2D eigenvalue weighted by atomic mass is 16.5. The Morgan fingerprint density at radius 2 is 2.04 bits per heavy atom. The summed E-state index contributed by atoms with van der Waals surface area (Å²) in [6.07, 6.45) is 0. The first-order valence-electron chi connectivity index (χ1n) is 8.61. The number of imidazole rings is 1. The molecule has 0 saturated carbocycles. The number of fused-ring (bicyclic) bond motifs is 3. The smallest absolute Gasteiger partial charge is 0.321 e. The molecule has 132 valence electrons. The molecule has 0 radical (unpaired) electrons. The molecule has 6 heteroatoms. The number of para-hydroxylation sites is 2. The fraction of sp³-hybridized carbons (Fsp3) is 0.250. The minimum atomic E-state index is -0.971. The first-order valence-corrected chi connectivity index (χ1v) is 8.61. The van der Waals surface area contributed by atoms with Crippen LogP contribution in [-0.2, 0) is 14.3 Å². The summed E-state index contributed by atoms with van der Waals surface area (Å²) in [6.45, 7) is 3.94. The Kier molecular flexibility index (Phi) is 3.95. The van der Waals surface area contributed by atoms with Gasteiger partial charge < -0.3 is 9.30 Å². The third-order valence-corrected chi connectivity index (χ3v) is 4.63. The van der Waals surface area contributed by atoms with Crippen molar-refractivity contribution in [3.63, 3.8) is 0 Å². The number of carbonyl (C=O) groups is 2. The van der Waals surface area contributed by atoms with Crippen LogP contribution in [0.2, 0.25) is 0 Å². The molecule has 0 unspecified atom stereocenters. The van der Waals surface area contributed by atoms with Crippen molar-refractivity contribution in [2.75, 3.05) is 11.9 Å². The van der Waals surface area contributed by atoms with Gasteiger partial charge in [-0.3, -0.25) is 14.9 Å². The summed E-state index contributed by atoms with van der Waals surface area (Å²) in [5.74, 6) is -1.44. The fourth-order valence-electron chi connectivity index (χ4n) is 3.56. The minimum Gasteiger partial charge on any atom is -0.465 e. The van der Waals surface area contributed by atoms with Crippen LogP contribution >= 0.6 is 0 Å². The lowest BCUT2D eigenvalue weighted by Crippen LogP contribution is -2.43. The Balaban J connectivity index is 1.97. The van der Waals surface area contributed by atoms with E-state index in [9.17, 15) is 9.59 Å². The number of rotatable bonds is 3. The van der Waals surface area contributed by atoms with E-state index in [0.717, 1.165) is 22.2 Å². The van der Waals surface area contributed by atoms with Gasteiger partial charge in [0.25, 0.3) is 0 Å². The average molecular weight is 349 g/mol. The number of nitrogens with zero attached hydrogens (tertiary/aromatic N) is 2. The third-order valence-electron chi connectivity index (χ3n) is 4.63. The molecular weight excluding hydrogens is 330 g/mol. The molecule has 2 atom stereocenters. The fourth-order valence-corrected chi connectivity index (χ4v) is 3.56. The van der Waals surface area contributed by atoms with Crippen LogP contribution in [0.25, 0.3) is 11.0 Å². The number of hydrogen-bond donors (Lipinski definition) is 1. The van der Waals surface area contributed by atoms with Gasteiger partial charge in [-0.05, 0) is 31.5 Å². The van der Waals surface area contributed by atoms with Gasteiger partial charge in [-0.15, -0.1) is 0 Å². The molecule has 4 rings (SSSR count). The second kappa shape index (κ2) is 6.29. The molecule has 1 N–H and O–H groups in total. The zero-order valence-corrected chi connectivity index (χ0v) is 14.6. The summed E-state index contributed by atoms with van der Waals surface area (Å²) in [5, 5.41) is 2.77. The molecule has 1 aliphatic heterocycles. The molecule has 6 nitrogen and oxygen atoms in total. The van der Waals surface area contributed by atoms with E-state index < -0.39 is 23.8 Å². The Bertz CT molecular complexity index is 1010. The molecule has 0 aliphatic carbocycles. The standard InChI is InChI=1S/C20H19N3O3/c1-3-26-19(25)16-17(13-8-6-7-12(2)11-13)23-15-10-5-4-9-14(15)21-20(23)22-18(16)24/h4-11,16-17H,3H2,1-2H3,(H,21,22,24)/t16-,17+/m1/s1. The van der Waals surface area contributed by atoms with Crippen molar-refractivity contribution in [1.82, 2.24) is 9.55 Å². The third kappa shape index (κ3) is 2.54. The Morgan fingerprint density at radius 1 is 1.23 bits per heavy atom. The number of aromatic nitrogens is 2. The van der Waals surface area contributed by atoms with Crippen LogP contribution in [0.5, 0.6) is 0 Å². The lowest BCUT2D eigenvalue weighted by molar-refractivity contribution is -0.152. The maximum atomic E-state index is 12.8. The van der Waals surface area contributed by atoms with Gasteiger partial charge in [0.15, 0.2) is 5.92 Å². The molecule has 0 saturated heterocycles. The monoisotopic (exact) mass is 349 g/mol. The van der Waals surface area contributed by atoms with Gasteiger partial charge in [0.2, 0.25) is 11.9 Å². The predicted octanol–water partition coefficient (Wildman–Crippen LogP) is 3.07. The maximum Gasteiger partial charge on any atom is 0.321 e. The molecule has 0 fully saturated rings. The zero-order valence-electron chi connectivity index (χ0n) is 14.6. The first-order chi connectivity index (χ1) is 12.6. The van der Waals surface area contributed by atoms with Gasteiger partial charge in [0.05, 0.1) is 23.7 Å². The second-order valence-electron chi connectivity index (χ2n) is 6.37. The van der Waals surface area contributed by atoms with Crippen LogP contribution in [-0.4, -0.2) is 28.0 Å². The number of nitrogens with one attached hydrogen (secondary N) is 1. The highest BCUT2D eigenvalue weighted by Crippen LogP contribution is 2.38. The van der Waals surface area contributed by atoms with Crippen LogP contribution in [0.3, 0.4) is 0 Å². The van der Waals surface area contributed by atoms with E-state index in [-0.39, 0.29) is 6.61 Å². The molecule has 0 bridgehead atoms. The number of carbonyl (C=O) groups excluding carboxylic acids is 2. The van der Waals surface area contributed by atoms with E-state index in [1.807, 2.05) is 60.0 Å². The van der Waals surface area contributed by atoms with E-state index in [1.54, 1.807) is 6.92 Å². The van der Waals surface area contributed by atoms with Crippen molar-refractivity contribution in [2.24, 2.45) is 5.92 Å². The molecule has 0 spiro atoms. The van der Waals surface area contributed by atoms with E-state index in [1.165, 1.54) is 0 Å². The van der Waals surface area contributed by atoms with Gasteiger partial charge in [-0.1, -0.05) is 42.0 Å². The molecule has 1 aromatic heterocycles. The molecule has 2 heterocycles. The summed E-state index contributed by atoms with van der Waals surface area (Å²) in [5.41, 5.74) is 3.57. The van der Waals surface area contributed by atoms with Crippen LogP contribution < -0.4 is 5.32 Å². The quantitative estimate of drug-likeness (QED) is 0.583. The number of benzene rings is 2. The van der Waals surface area contributed by atoms with E-state index in [4.69, 9.17) is 4.74 Å². The molecule has 1 aliphatic rings. The number of ether oxygens (including phenoxy) is 1. The SMILES string of the molecule is CCOC(=O)[C@H]1C(=O)Nc2nc3ccccc3n2[C@H]1c1cccc(C)c1. The van der Waals surface area contributed by atoms with Gasteiger partial charge in [0.1, 0.15) is 0 Å². The maximum absolute atomic E-state index is 12.8. The van der Waals surface area contributed by atoms with Crippen molar-refractivity contribution in [2.45, 2.75) is 19.9 Å².